The second-order valence-corrected chi connectivity index (χ2v) is 5.87. The number of Topliss-reactive ketones (excluding diaryl/α,β-unsaturated/α-hetero) is 1. The Morgan fingerprint density at radius 3 is 2.53 bits per heavy atom. The van der Waals surface area contributed by atoms with E-state index in [0.717, 1.165) is 16.8 Å². The van der Waals surface area contributed by atoms with Crippen LogP contribution in [0.4, 0.5) is 5.69 Å². The second-order valence-electron chi connectivity index (χ2n) is 5.87. The molecule has 1 fully saturated rings. The van der Waals surface area contributed by atoms with Crippen molar-refractivity contribution >= 4 is 17.4 Å². The first-order valence-electron chi connectivity index (χ1n) is 7.05. The minimum atomic E-state index is -0.337. The molecule has 0 unspecified atom stereocenters. The fourth-order valence-corrected chi connectivity index (χ4v) is 3.46. The molecule has 0 aromatic heterocycles. The van der Waals surface area contributed by atoms with Crippen molar-refractivity contribution in [2.75, 3.05) is 11.4 Å². The lowest BCUT2D eigenvalue weighted by Crippen LogP contribution is -2.34. The van der Waals surface area contributed by atoms with Crippen molar-refractivity contribution < 1.29 is 9.59 Å². The van der Waals surface area contributed by atoms with E-state index in [-0.39, 0.29) is 11.7 Å². The lowest BCUT2D eigenvalue weighted by molar-refractivity contribution is -0.114. The van der Waals surface area contributed by atoms with Gasteiger partial charge in [-0.15, -0.1) is 0 Å². The Hall–Kier alpha value is -1.64. The zero-order chi connectivity index (χ0) is 13.6. The van der Waals surface area contributed by atoms with Crippen LogP contribution in [-0.2, 0) is 4.79 Å². The van der Waals surface area contributed by atoms with E-state index >= 15 is 0 Å². The Bertz CT molecular complexity index is 556. The zero-order valence-corrected chi connectivity index (χ0v) is 11.5. The number of nitrogens with zero attached hydrogens (tertiary/aromatic N) is 1. The molecule has 0 saturated heterocycles. The van der Waals surface area contributed by atoms with E-state index in [2.05, 4.69) is 0 Å². The molecule has 1 aromatic rings. The quantitative estimate of drug-likeness (QED) is 0.764. The average molecular weight is 257 g/mol. The summed E-state index contributed by atoms with van der Waals surface area (Å²) in [6, 6.07) is 3.89. The van der Waals surface area contributed by atoms with Crippen LogP contribution in [0.1, 0.15) is 47.2 Å². The van der Waals surface area contributed by atoms with E-state index < -0.39 is 0 Å². The monoisotopic (exact) mass is 257 g/mol. The predicted molar refractivity (Wildman–Crippen MR) is 74.6 cm³/mol. The molecule has 1 saturated carbocycles. The number of fused-ring (bicyclic) bond motifs is 1. The Labute approximate surface area is 113 Å². The summed E-state index contributed by atoms with van der Waals surface area (Å²) in [6.45, 7) is 4.66. The first-order chi connectivity index (χ1) is 9.08. The van der Waals surface area contributed by atoms with Gasteiger partial charge < -0.3 is 4.90 Å². The molecular formula is C16H19NO2. The van der Waals surface area contributed by atoms with Gasteiger partial charge in [-0.2, -0.15) is 0 Å². The highest BCUT2D eigenvalue weighted by molar-refractivity contribution is 6.52. The smallest absolute Gasteiger partial charge is 0.299 e. The van der Waals surface area contributed by atoms with Gasteiger partial charge in [0.15, 0.2) is 0 Å². The van der Waals surface area contributed by atoms with Gasteiger partial charge in [-0.1, -0.05) is 18.9 Å². The van der Waals surface area contributed by atoms with E-state index in [1.165, 1.54) is 25.7 Å². The largest absolute Gasteiger partial charge is 0.304 e. The highest BCUT2D eigenvalue weighted by Gasteiger charge is 2.38. The normalized spacial score (nSPS) is 19.4. The van der Waals surface area contributed by atoms with Gasteiger partial charge in [0.25, 0.3) is 11.7 Å². The fraction of sp³-hybridized carbons (Fsp3) is 0.500. The molecule has 2 aliphatic rings. The third-order valence-electron chi connectivity index (χ3n) is 4.31. The molecule has 0 N–H and O–H groups in total. The number of ketones is 1. The minimum absolute atomic E-state index is 0.334. The van der Waals surface area contributed by atoms with Gasteiger partial charge in [0.1, 0.15) is 0 Å². The number of carbonyl (C=O) groups is 2. The summed E-state index contributed by atoms with van der Waals surface area (Å²) in [4.78, 5) is 26.0. The van der Waals surface area contributed by atoms with E-state index in [1.807, 2.05) is 26.0 Å². The second kappa shape index (κ2) is 4.48. The van der Waals surface area contributed by atoms with Crippen molar-refractivity contribution in [3.8, 4) is 0 Å². The summed E-state index contributed by atoms with van der Waals surface area (Å²) in [5.41, 5.74) is 3.53. The third-order valence-corrected chi connectivity index (χ3v) is 4.31. The fourth-order valence-electron chi connectivity index (χ4n) is 3.46. The van der Waals surface area contributed by atoms with Crippen LogP contribution in [0.2, 0.25) is 0 Å². The number of hydrogen-bond acceptors (Lipinski definition) is 2. The predicted octanol–water partition coefficient (Wildman–Crippen LogP) is 3.02. The summed E-state index contributed by atoms with van der Waals surface area (Å²) < 4.78 is 0. The maximum absolute atomic E-state index is 12.2. The van der Waals surface area contributed by atoms with Crippen LogP contribution in [0.15, 0.2) is 12.1 Å². The Morgan fingerprint density at radius 1 is 1.16 bits per heavy atom. The topological polar surface area (TPSA) is 37.4 Å². The maximum atomic E-state index is 12.2. The van der Waals surface area contributed by atoms with Gasteiger partial charge in [-0.05, 0) is 49.8 Å². The van der Waals surface area contributed by atoms with Crippen molar-refractivity contribution in [3.05, 3.63) is 28.8 Å². The van der Waals surface area contributed by atoms with Crippen LogP contribution in [0.3, 0.4) is 0 Å². The van der Waals surface area contributed by atoms with Crippen LogP contribution in [0, 0.1) is 19.8 Å². The van der Waals surface area contributed by atoms with Crippen LogP contribution in [0.25, 0.3) is 0 Å². The van der Waals surface area contributed by atoms with E-state index in [9.17, 15) is 9.59 Å². The number of amides is 1. The molecule has 0 bridgehead atoms. The molecule has 100 valence electrons. The van der Waals surface area contributed by atoms with E-state index in [4.69, 9.17) is 0 Å². The molecule has 1 aromatic carbocycles. The van der Waals surface area contributed by atoms with Crippen LogP contribution in [-0.4, -0.2) is 18.2 Å². The molecule has 1 aliphatic carbocycles. The number of anilines is 1. The van der Waals surface area contributed by atoms with Gasteiger partial charge in [0, 0.05) is 6.54 Å². The van der Waals surface area contributed by atoms with Crippen LogP contribution in [0.5, 0.6) is 0 Å². The molecular weight excluding hydrogens is 238 g/mol. The van der Waals surface area contributed by atoms with Crippen molar-refractivity contribution in [2.24, 2.45) is 5.92 Å². The molecule has 19 heavy (non-hydrogen) atoms. The Kier molecular flexibility index (Phi) is 2.92. The SMILES string of the molecule is Cc1cc(C)c2c(c1)C(=O)C(=O)N2CC1CCCC1. The van der Waals surface area contributed by atoms with Crippen LogP contribution < -0.4 is 4.90 Å². The molecule has 3 heteroatoms. The molecule has 1 heterocycles. The lowest BCUT2D eigenvalue weighted by Gasteiger charge is -2.22. The summed E-state index contributed by atoms with van der Waals surface area (Å²) in [6.07, 6.45) is 4.86. The molecule has 0 atom stereocenters. The van der Waals surface area contributed by atoms with Gasteiger partial charge in [-0.25, -0.2) is 0 Å². The molecule has 3 nitrogen and oxygen atoms in total. The molecule has 1 amide bonds. The average Bonchev–Trinajstić information content (AvgIpc) is 2.93. The summed E-state index contributed by atoms with van der Waals surface area (Å²) in [5, 5.41) is 0. The van der Waals surface area contributed by atoms with Crippen molar-refractivity contribution in [3.63, 3.8) is 0 Å². The van der Waals surface area contributed by atoms with Crippen molar-refractivity contribution in [2.45, 2.75) is 39.5 Å². The minimum Gasteiger partial charge on any atom is -0.304 e. The Balaban J connectivity index is 1.99. The van der Waals surface area contributed by atoms with E-state index in [0.29, 0.717) is 18.0 Å². The van der Waals surface area contributed by atoms with Gasteiger partial charge in [-0.3, -0.25) is 9.59 Å². The molecule has 3 rings (SSSR count). The summed E-state index contributed by atoms with van der Waals surface area (Å²) in [7, 11) is 0. The first kappa shape index (κ1) is 12.4. The van der Waals surface area contributed by atoms with Gasteiger partial charge in [0.05, 0.1) is 11.3 Å². The van der Waals surface area contributed by atoms with Gasteiger partial charge in [0.2, 0.25) is 0 Å². The van der Waals surface area contributed by atoms with Crippen LogP contribution >= 0.6 is 0 Å². The molecule has 0 radical (unpaired) electrons. The van der Waals surface area contributed by atoms with Crippen molar-refractivity contribution in [1.82, 2.24) is 0 Å². The maximum Gasteiger partial charge on any atom is 0.299 e. The highest BCUT2D eigenvalue weighted by atomic mass is 16.2. The zero-order valence-electron chi connectivity index (χ0n) is 11.5. The summed E-state index contributed by atoms with van der Waals surface area (Å²) in [5.74, 6) is -0.112. The standard InChI is InChI=1S/C16H19NO2/c1-10-7-11(2)14-13(8-10)15(18)16(19)17(14)9-12-5-3-4-6-12/h7-8,12H,3-6,9H2,1-2H3. The molecule has 1 aliphatic heterocycles. The lowest BCUT2D eigenvalue weighted by atomic mass is 10.0. The summed E-state index contributed by atoms with van der Waals surface area (Å²) >= 11 is 0. The first-order valence-corrected chi connectivity index (χ1v) is 7.05. The number of carbonyl (C=O) groups excluding carboxylic acids is 2. The highest BCUT2D eigenvalue weighted by Crippen LogP contribution is 2.36. The van der Waals surface area contributed by atoms with Gasteiger partial charge >= 0.3 is 0 Å². The number of benzene rings is 1. The number of hydrogen-bond donors (Lipinski definition) is 0. The molecule has 0 spiro atoms. The Morgan fingerprint density at radius 2 is 1.84 bits per heavy atom. The number of rotatable bonds is 2. The number of aryl methyl sites for hydroxylation is 2. The van der Waals surface area contributed by atoms with Crippen molar-refractivity contribution in [1.29, 1.82) is 0 Å². The third kappa shape index (κ3) is 1.97. The van der Waals surface area contributed by atoms with E-state index in [1.54, 1.807) is 4.90 Å².